The van der Waals surface area contributed by atoms with Crippen molar-refractivity contribution in [1.29, 1.82) is 0 Å². The van der Waals surface area contributed by atoms with Gasteiger partial charge in [0.25, 0.3) is 0 Å². The highest BCUT2D eigenvalue weighted by Gasteiger charge is 2.51. The van der Waals surface area contributed by atoms with Gasteiger partial charge in [0.2, 0.25) is 5.91 Å². The largest absolute Gasteiger partial charge is 0.273 e. The number of hydrogen-bond acceptors (Lipinski definition) is 2. The molecule has 0 spiro atoms. The molecule has 4 fully saturated rings. The van der Waals surface area contributed by atoms with Crippen molar-refractivity contribution >= 4 is 12.1 Å². The molecule has 0 radical (unpaired) electrons. The third-order valence-corrected chi connectivity index (χ3v) is 6.49. The highest BCUT2D eigenvalue weighted by atomic mass is 16.2. The summed E-state index contributed by atoms with van der Waals surface area (Å²) in [4.78, 5) is 12.4. The average molecular weight is 324 g/mol. The first kappa shape index (κ1) is 15.9. The van der Waals surface area contributed by atoms with Crippen LogP contribution < -0.4 is 5.43 Å². The second kappa shape index (κ2) is 6.34. The third kappa shape index (κ3) is 3.26. The van der Waals surface area contributed by atoms with Crippen LogP contribution in [0, 0.1) is 23.2 Å². The smallest absolute Gasteiger partial charge is 0.240 e. The van der Waals surface area contributed by atoms with Gasteiger partial charge in [-0.3, -0.25) is 4.79 Å². The summed E-state index contributed by atoms with van der Waals surface area (Å²) in [6, 6.07) is 8.32. The van der Waals surface area contributed by atoms with Crippen molar-refractivity contribution in [2.75, 3.05) is 0 Å². The van der Waals surface area contributed by atoms with Gasteiger partial charge < -0.3 is 0 Å². The quantitative estimate of drug-likeness (QED) is 0.636. The Labute approximate surface area is 144 Å². The fourth-order valence-electron chi connectivity index (χ4n) is 5.90. The molecule has 24 heavy (non-hydrogen) atoms. The first-order chi connectivity index (χ1) is 11.6. The summed E-state index contributed by atoms with van der Waals surface area (Å²) in [7, 11) is 0. The van der Waals surface area contributed by atoms with E-state index in [1.54, 1.807) is 6.21 Å². The van der Waals surface area contributed by atoms with Crippen molar-refractivity contribution in [2.24, 2.45) is 28.3 Å². The number of nitrogens with zero attached hydrogens (tertiary/aromatic N) is 1. The van der Waals surface area contributed by atoms with Crippen LogP contribution in [0.2, 0.25) is 0 Å². The first-order valence-electron chi connectivity index (χ1n) is 9.55. The van der Waals surface area contributed by atoms with Gasteiger partial charge in [0, 0.05) is 6.42 Å². The molecule has 4 bridgehead atoms. The van der Waals surface area contributed by atoms with E-state index in [9.17, 15) is 4.79 Å². The van der Waals surface area contributed by atoms with Crippen LogP contribution in [-0.2, 0) is 11.2 Å². The zero-order valence-corrected chi connectivity index (χ0v) is 14.6. The molecule has 4 aliphatic carbocycles. The molecule has 0 heterocycles. The van der Waals surface area contributed by atoms with Gasteiger partial charge in [-0.15, -0.1) is 0 Å². The number of hydrogen-bond donors (Lipinski definition) is 1. The summed E-state index contributed by atoms with van der Waals surface area (Å²) in [5, 5.41) is 4.17. The maximum Gasteiger partial charge on any atom is 0.240 e. The number of carbonyl (C=O) groups is 1. The van der Waals surface area contributed by atoms with Crippen LogP contribution in [0.25, 0.3) is 0 Å². The summed E-state index contributed by atoms with van der Waals surface area (Å²) >= 11 is 0. The Morgan fingerprint density at radius 1 is 1.12 bits per heavy atom. The molecule has 128 valence electrons. The number of amides is 1. The zero-order valence-electron chi connectivity index (χ0n) is 14.6. The normalized spacial score (nSPS) is 34.0. The molecule has 0 atom stereocenters. The van der Waals surface area contributed by atoms with Crippen LogP contribution in [0.1, 0.15) is 63.0 Å². The van der Waals surface area contributed by atoms with Gasteiger partial charge in [0.1, 0.15) is 0 Å². The second-order valence-electron chi connectivity index (χ2n) is 8.48. The summed E-state index contributed by atoms with van der Waals surface area (Å²) in [6.07, 6.45) is 11.5. The van der Waals surface area contributed by atoms with E-state index in [1.807, 2.05) is 12.1 Å². The molecule has 3 nitrogen and oxygen atoms in total. The highest BCUT2D eigenvalue weighted by Crippen LogP contribution is 2.61. The van der Waals surface area contributed by atoms with Crippen molar-refractivity contribution in [3.05, 3.63) is 35.4 Å². The standard InChI is InChI=1S/C21H28N2O/c1-2-15-3-5-16(6-4-15)14-22-23-20(24)13-21-10-17-7-18(11-21)9-19(8-17)12-21/h3-6,14,17-19H,2,7-13H2,1H3,(H,23,24)/b22-14-. The molecule has 4 saturated carbocycles. The maximum absolute atomic E-state index is 12.4. The van der Waals surface area contributed by atoms with Crippen molar-refractivity contribution in [2.45, 2.75) is 58.3 Å². The van der Waals surface area contributed by atoms with Gasteiger partial charge in [-0.25, -0.2) is 5.43 Å². The van der Waals surface area contributed by atoms with Crippen molar-refractivity contribution in [1.82, 2.24) is 5.43 Å². The van der Waals surface area contributed by atoms with Crippen LogP contribution in [-0.4, -0.2) is 12.1 Å². The van der Waals surface area contributed by atoms with Gasteiger partial charge >= 0.3 is 0 Å². The van der Waals surface area contributed by atoms with E-state index in [4.69, 9.17) is 0 Å². The van der Waals surface area contributed by atoms with Crippen molar-refractivity contribution < 1.29 is 4.79 Å². The molecule has 5 rings (SSSR count). The molecule has 0 saturated heterocycles. The van der Waals surface area contributed by atoms with Gasteiger partial charge in [0.05, 0.1) is 6.21 Å². The van der Waals surface area contributed by atoms with E-state index in [0.717, 1.165) is 29.7 Å². The molecule has 1 amide bonds. The summed E-state index contributed by atoms with van der Waals surface area (Å²) in [6.45, 7) is 2.15. The summed E-state index contributed by atoms with van der Waals surface area (Å²) < 4.78 is 0. The third-order valence-electron chi connectivity index (χ3n) is 6.49. The Morgan fingerprint density at radius 3 is 2.25 bits per heavy atom. The molecule has 1 aromatic carbocycles. The van der Waals surface area contributed by atoms with E-state index in [2.05, 4.69) is 29.6 Å². The molecule has 0 aliphatic heterocycles. The first-order valence-corrected chi connectivity index (χ1v) is 9.55. The molecule has 1 N–H and O–H groups in total. The molecule has 3 heteroatoms. The molecule has 4 aliphatic rings. The lowest BCUT2D eigenvalue weighted by Crippen LogP contribution is -2.47. The number of carbonyl (C=O) groups excluding carboxylic acids is 1. The second-order valence-corrected chi connectivity index (χ2v) is 8.48. The fraction of sp³-hybridized carbons (Fsp3) is 0.619. The molecular formula is C21H28N2O. The Balaban J connectivity index is 1.32. The number of nitrogens with one attached hydrogen (secondary N) is 1. The minimum Gasteiger partial charge on any atom is -0.273 e. The Kier molecular flexibility index (Phi) is 4.19. The monoisotopic (exact) mass is 324 g/mol. The lowest BCUT2D eigenvalue weighted by Gasteiger charge is -2.56. The molecule has 1 aromatic rings. The predicted molar refractivity (Wildman–Crippen MR) is 96.8 cm³/mol. The zero-order chi connectivity index (χ0) is 16.6. The summed E-state index contributed by atoms with van der Waals surface area (Å²) in [5.74, 6) is 2.78. The lowest BCUT2D eigenvalue weighted by molar-refractivity contribution is -0.129. The van der Waals surface area contributed by atoms with Crippen LogP contribution >= 0.6 is 0 Å². The van der Waals surface area contributed by atoms with Crippen LogP contribution in [0.4, 0.5) is 0 Å². The molecule has 0 unspecified atom stereocenters. The van der Waals surface area contributed by atoms with E-state index < -0.39 is 0 Å². The van der Waals surface area contributed by atoms with Crippen LogP contribution in [0.3, 0.4) is 0 Å². The lowest BCUT2D eigenvalue weighted by atomic mass is 9.49. The number of hydrazone groups is 1. The van der Waals surface area contributed by atoms with E-state index >= 15 is 0 Å². The average Bonchev–Trinajstić information content (AvgIpc) is 2.53. The van der Waals surface area contributed by atoms with E-state index in [0.29, 0.717) is 6.42 Å². The van der Waals surface area contributed by atoms with Crippen LogP contribution in [0.5, 0.6) is 0 Å². The Morgan fingerprint density at radius 2 is 1.71 bits per heavy atom. The summed E-state index contributed by atoms with van der Waals surface area (Å²) in [5.41, 5.74) is 5.40. The topological polar surface area (TPSA) is 41.5 Å². The SMILES string of the molecule is CCc1ccc(/C=N\NC(=O)CC23CC4CC(CC(C4)C2)C3)cc1. The minimum absolute atomic E-state index is 0.0957. The maximum atomic E-state index is 12.4. The molecular weight excluding hydrogens is 296 g/mol. The van der Waals surface area contributed by atoms with E-state index in [-0.39, 0.29) is 11.3 Å². The Bertz CT molecular complexity index is 596. The predicted octanol–water partition coefficient (Wildman–Crippen LogP) is 4.31. The van der Waals surface area contributed by atoms with Gasteiger partial charge in [-0.2, -0.15) is 5.10 Å². The fourth-order valence-corrected chi connectivity index (χ4v) is 5.90. The van der Waals surface area contributed by atoms with Gasteiger partial charge in [0.15, 0.2) is 0 Å². The van der Waals surface area contributed by atoms with Crippen molar-refractivity contribution in [3.63, 3.8) is 0 Å². The number of rotatable bonds is 5. The highest BCUT2D eigenvalue weighted by molar-refractivity contribution is 5.82. The minimum atomic E-state index is 0.0957. The number of aryl methyl sites for hydroxylation is 1. The van der Waals surface area contributed by atoms with E-state index in [1.165, 1.54) is 44.1 Å². The van der Waals surface area contributed by atoms with Crippen molar-refractivity contribution in [3.8, 4) is 0 Å². The number of benzene rings is 1. The van der Waals surface area contributed by atoms with Crippen LogP contribution in [0.15, 0.2) is 29.4 Å². The Hall–Kier alpha value is -1.64. The van der Waals surface area contributed by atoms with Gasteiger partial charge in [-0.05, 0) is 79.2 Å². The van der Waals surface area contributed by atoms with Gasteiger partial charge in [-0.1, -0.05) is 31.2 Å². The molecule has 0 aromatic heterocycles.